The Morgan fingerprint density at radius 1 is 1.12 bits per heavy atom. The quantitative estimate of drug-likeness (QED) is 0.505. The lowest BCUT2D eigenvalue weighted by Crippen LogP contribution is -2.02. The molecule has 0 saturated carbocycles. The van der Waals surface area contributed by atoms with Gasteiger partial charge in [0, 0.05) is 24.8 Å². The predicted octanol–water partition coefficient (Wildman–Crippen LogP) is 1.01. The number of carbonyl (C=O) groups excluding carboxylic acids is 1. The van der Waals surface area contributed by atoms with Crippen LogP contribution in [0.2, 0.25) is 0 Å². The van der Waals surface area contributed by atoms with Crippen molar-refractivity contribution in [3.8, 4) is 0 Å². The number of methoxy groups -OCH3 is 1. The summed E-state index contributed by atoms with van der Waals surface area (Å²) in [6.45, 7) is 1.06. The van der Waals surface area contributed by atoms with Gasteiger partial charge in [0.1, 0.15) is 11.3 Å². The second-order valence-electron chi connectivity index (χ2n) is 5.52. The van der Waals surface area contributed by atoms with Crippen LogP contribution in [-0.2, 0) is 17.8 Å². The van der Waals surface area contributed by atoms with Gasteiger partial charge in [-0.1, -0.05) is 5.21 Å². The molecule has 0 bridgehead atoms. The van der Waals surface area contributed by atoms with Gasteiger partial charge < -0.3 is 9.14 Å². The molecule has 9 heteroatoms. The van der Waals surface area contributed by atoms with Crippen molar-refractivity contribution in [2.24, 2.45) is 0 Å². The number of carbonyl (C=O) groups is 1. The highest BCUT2D eigenvalue weighted by molar-refractivity contribution is 5.89. The van der Waals surface area contributed by atoms with Gasteiger partial charge >= 0.3 is 5.97 Å². The third kappa shape index (κ3) is 3.11. The summed E-state index contributed by atoms with van der Waals surface area (Å²) in [5.41, 5.74) is 2.86. The molecule has 0 aliphatic rings. The van der Waals surface area contributed by atoms with Gasteiger partial charge in [-0.25, -0.2) is 14.5 Å². The van der Waals surface area contributed by atoms with E-state index in [-0.39, 0.29) is 5.97 Å². The first kappa shape index (κ1) is 15.1. The average molecular weight is 337 g/mol. The number of nitrogens with zero attached hydrogens (tertiary/aromatic N) is 7. The van der Waals surface area contributed by atoms with E-state index < -0.39 is 0 Å². The minimum Gasteiger partial charge on any atom is -0.465 e. The molecule has 0 radical (unpaired) electrons. The zero-order valence-corrected chi connectivity index (χ0v) is 13.5. The van der Waals surface area contributed by atoms with Crippen molar-refractivity contribution in [2.75, 3.05) is 7.11 Å². The fourth-order valence-corrected chi connectivity index (χ4v) is 2.57. The Morgan fingerprint density at radius 3 is 2.80 bits per heavy atom. The summed E-state index contributed by atoms with van der Waals surface area (Å²) in [5, 5.41) is 12.4. The van der Waals surface area contributed by atoms with Gasteiger partial charge in [0.05, 0.1) is 37.7 Å². The van der Waals surface area contributed by atoms with Crippen molar-refractivity contribution in [1.82, 2.24) is 34.2 Å². The van der Waals surface area contributed by atoms with Crippen molar-refractivity contribution in [3.05, 3.63) is 66.1 Å². The molecule has 0 aliphatic carbocycles. The highest BCUT2D eigenvalue weighted by Gasteiger charge is 2.09. The molecule has 0 aromatic carbocycles. The number of aromatic nitrogens is 7. The number of ether oxygens (including phenoxy) is 1. The number of fused-ring (bicyclic) bond motifs is 1. The maximum atomic E-state index is 11.6. The van der Waals surface area contributed by atoms with E-state index in [4.69, 9.17) is 4.74 Å². The molecule has 9 nitrogen and oxygen atoms in total. The smallest absolute Gasteiger partial charge is 0.339 e. The van der Waals surface area contributed by atoms with Crippen LogP contribution in [0.1, 0.15) is 21.7 Å². The minimum atomic E-state index is -0.378. The summed E-state index contributed by atoms with van der Waals surface area (Å²) >= 11 is 0. The van der Waals surface area contributed by atoms with E-state index in [1.165, 1.54) is 7.11 Å². The van der Waals surface area contributed by atoms with Crippen molar-refractivity contribution in [3.63, 3.8) is 0 Å². The van der Waals surface area contributed by atoms with E-state index in [1.807, 2.05) is 24.7 Å². The van der Waals surface area contributed by atoms with E-state index in [2.05, 4.69) is 20.4 Å². The van der Waals surface area contributed by atoms with Crippen LogP contribution in [0.4, 0.5) is 0 Å². The molecule has 0 aliphatic heterocycles. The highest BCUT2D eigenvalue weighted by atomic mass is 16.5. The number of pyridine rings is 1. The predicted molar refractivity (Wildman–Crippen MR) is 87.0 cm³/mol. The number of rotatable bonds is 5. The van der Waals surface area contributed by atoms with Crippen LogP contribution in [0.15, 0.2) is 49.2 Å². The van der Waals surface area contributed by atoms with Crippen LogP contribution in [0.25, 0.3) is 5.65 Å². The molecule has 4 heterocycles. The first-order valence-electron chi connectivity index (χ1n) is 7.63. The van der Waals surface area contributed by atoms with Crippen LogP contribution < -0.4 is 0 Å². The topological polar surface area (TPSA) is 92.1 Å². The largest absolute Gasteiger partial charge is 0.465 e. The summed E-state index contributed by atoms with van der Waals surface area (Å²) < 4.78 is 10.0. The Kier molecular flexibility index (Phi) is 3.73. The van der Waals surface area contributed by atoms with Crippen LogP contribution in [0, 0.1) is 0 Å². The molecule has 0 amide bonds. The summed E-state index contributed by atoms with van der Waals surface area (Å²) in [7, 11) is 1.36. The fraction of sp³-hybridized carbons (Fsp3) is 0.188. The third-order valence-corrected chi connectivity index (χ3v) is 3.72. The molecular formula is C16H15N7O2. The second kappa shape index (κ2) is 6.19. The molecule has 4 aromatic heterocycles. The molecule has 25 heavy (non-hydrogen) atoms. The van der Waals surface area contributed by atoms with Crippen LogP contribution in [-0.4, -0.2) is 47.2 Å². The third-order valence-electron chi connectivity index (χ3n) is 3.72. The molecule has 0 spiro atoms. The van der Waals surface area contributed by atoms with Crippen LogP contribution in [0.3, 0.4) is 0 Å². The SMILES string of the molecule is COC(=O)c1ccc2nc(Cn3cc(Cn4cccn4)nn3)cn2c1. The highest BCUT2D eigenvalue weighted by Crippen LogP contribution is 2.10. The van der Waals surface area contributed by atoms with E-state index in [9.17, 15) is 4.79 Å². The Balaban J connectivity index is 1.52. The fourth-order valence-electron chi connectivity index (χ4n) is 2.57. The number of hydrogen-bond donors (Lipinski definition) is 0. The molecule has 0 N–H and O–H groups in total. The molecule has 0 fully saturated rings. The Hall–Kier alpha value is -3.49. The van der Waals surface area contributed by atoms with Gasteiger partial charge in [0.2, 0.25) is 0 Å². The average Bonchev–Trinajstić information content (AvgIpc) is 3.35. The molecule has 0 atom stereocenters. The van der Waals surface area contributed by atoms with Crippen molar-refractivity contribution in [1.29, 1.82) is 0 Å². The van der Waals surface area contributed by atoms with Crippen LogP contribution in [0.5, 0.6) is 0 Å². The normalized spacial score (nSPS) is 11.1. The maximum absolute atomic E-state index is 11.6. The van der Waals surface area contributed by atoms with E-state index in [1.54, 1.807) is 38.3 Å². The standard InChI is InChI=1S/C16H15N7O2/c1-25-16(24)12-3-4-15-18-13(8-21(15)7-12)9-23-11-14(19-20-23)10-22-6-2-5-17-22/h2-8,11H,9-10H2,1H3. The molecular weight excluding hydrogens is 322 g/mol. The van der Waals surface area contributed by atoms with E-state index in [0.29, 0.717) is 18.7 Å². The summed E-state index contributed by atoms with van der Waals surface area (Å²) in [6, 6.07) is 5.33. The number of esters is 1. The number of imidazole rings is 1. The van der Waals surface area contributed by atoms with Gasteiger partial charge in [-0.05, 0) is 18.2 Å². The number of hydrogen-bond acceptors (Lipinski definition) is 6. The van der Waals surface area contributed by atoms with Gasteiger partial charge in [-0.2, -0.15) is 5.10 Å². The second-order valence-corrected chi connectivity index (χ2v) is 5.52. The lowest BCUT2D eigenvalue weighted by Gasteiger charge is -1.99. The Bertz CT molecular complexity index is 1020. The monoisotopic (exact) mass is 337 g/mol. The van der Waals surface area contributed by atoms with Gasteiger partial charge in [0.25, 0.3) is 0 Å². The van der Waals surface area contributed by atoms with Gasteiger partial charge in [0.15, 0.2) is 0 Å². The summed E-state index contributed by atoms with van der Waals surface area (Å²) in [5.74, 6) is -0.378. The first-order valence-corrected chi connectivity index (χ1v) is 7.63. The van der Waals surface area contributed by atoms with E-state index >= 15 is 0 Å². The first-order chi connectivity index (χ1) is 12.2. The van der Waals surface area contributed by atoms with Gasteiger partial charge in [-0.3, -0.25) is 4.68 Å². The Morgan fingerprint density at radius 2 is 2.00 bits per heavy atom. The van der Waals surface area contributed by atoms with Crippen molar-refractivity contribution < 1.29 is 9.53 Å². The molecule has 4 rings (SSSR count). The summed E-state index contributed by atoms with van der Waals surface area (Å²) in [6.07, 6.45) is 9.02. The lowest BCUT2D eigenvalue weighted by molar-refractivity contribution is 0.0600. The van der Waals surface area contributed by atoms with Crippen molar-refractivity contribution >= 4 is 11.6 Å². The molecule has 0 unspecified atom stereocenters. The zero-order valence-electron chi connectivity index (χ0n) is 13.5. The molecule has 0 saturated heterocycles. The zero-order chi connectivity index (χ0) is 17.2. The Labute approximate surface area is 142 Å². The molecule has 4 aromatic rings. The maximum Gasteiger partial charge on any atom is 0.339 e. The van der Waals surface area contributed by atoms with Crippen LogP contribution >= 0.6 is 0 Å². The summed E-state index contributed by atoms with van der Waals surface area (Å²) in [4.78, 5) is 16.1. The molecule has 126 valence electrons. The van der Waals surface area contributed by atoms with Crippen molar-refractivity contribution in [2.45, 2.75) is 13.1 Å². The van der Waals surface area contributed by atoms with E-state index in [0.717, 1.165) is 17.0 Å². The lowest BCUT2D eigenvalue weighted by atomic mass is 10.3. The minimum absolute atomic E-state index is 0.378. The van der Waals surface area contributed by atoms with Gasteiger partial charge in [-0.15, -0.1) is 5.10 Å².